The molecule has 0 aliphatic rings. The van der Waals surface area contributed by atoms with Gasteiger partial charge in [0.1, 0.15) is 11.9 Å². The third kappa shape index (κ3) is 4.74. The van der Waals surface area contributed by atoms with Gasteiger partial charge in [0.2, 0.25) is 5.91 Å². The van der Waals surface area contributed by atoms with Gasteiger partial charge in [-0.2, -0.15) is 0 Å². The molecule has 0 spiro atoms. The van der Waals surface area contributed by atoms with Crippen molar-refractivity contribution in [1.29, 1.82) is 0 Å². The molecular formula is C12H13FN2O4. The first-order chi connectivity index (χ1) is 8.90. The number of benzene rings is 1. The number of hydrogen-bond donors (Lipinski definition) is 3. The molecule has 0 radical (unpaired) electrons. The molecule has 19 heavy (non-hydrogen) atoms. The summed E-state index contributed by atoms with van der Waals surface area (Å²) in [5.41, 5.74) is 5.22. The minimum Gasteiger partial charge on any atom is -0.481 e. The Hall–Kier alpha value is -2.44. The summed E-state index contributed by atoms with van der Waals surface area (Å²) in [5.74, 6) is -3.03. The number of nitrogens with one attached hydrogen (secondary N) is 1. The van der Waals surface area contributed by atoms with E-state index in [0.717, 1.165) is 12.1 Å². The summed E-state index contributed by atoms with van der Waals surface area (Å²) in [6, 6.07) is 3.63. The lowest BCUT2D eigenvalue weighted by atomic mass is 10.1. The number of nitrogens with two attached hydrogens (primary N) is 1. The lowest BCUT2D eigenvalue weighted by Gasteiger charge is -2.14. The van der Waals surface area contributed by atoms with E-state index in [2.05, 4.69) is 5.32 Å². The fourth-order valence-corrected chi connectivity index (χ4v) is 1.40. The Bertz CT molecular complexity index is 487. The van der Waals surface area contributed by atoms with Gasteiger partial charge >= 0.3 is 5.97 Å². The number of hydrogen-bond acceptors (Lipinski definition) is 3. The Labute approximate surface area is 108 Å². The Morgan fingerprint density at radius 1 is 1.26 bits per heavy atom. The molecule has 0 fully saturated rings. The highest BCUT2D eigenvalue weighted by atomic mass is 19.1. The van der Waals surface area contributed by atoms with Crippen molar-refractivity contribution in [3.05, 3.63) is 35.6 Å². The quantitative estimate of drug-likeness (QED) is 0.688. The Morgan fingerprint density at radius 3 is 2.32 bits per heavy atom. The van der Waals surface area contributed by atoms with Crippen LogP contribution in [0.1, 0.15) is 23.2 Å². The molecule has 0 saturated heterocycles. The second-order valence-electron chi connectivity index (χ2n) is 3.87. The maximum atomic E-state index is 12.7. The topological polar surface area (TPSA) is 109 Å². The number of primary amides is 1. The maximum absolute atomic E-state index is 12.7. The predicted octanol–water partition coefficient (Wildman–Crippen LogP) is 0.274. The molecule has 0 aliphatic carbocycles. The standard InChI is InChI=1S/C12H13FN2O4/c13-8-3-1-7(2-4-8)12(19)15-9(11(14)18)5-6-10(16)17/h1-4,9H,5-6H2,(H2,14,18)(H,15,19)(H,16,17)/t9-/m0/s1. The van der Waals surface area contributed by atoms with Crippen molar-refractivity contribution >= 4 is 17.8 Å². The SMILES string of the molecule is NC(=O)[C@H](CCC(=O)O)NC(=O)c1ccc(F)cc1. The van der Waals surface area contributed by atoms with Crippen molar-refractivity contribution in [2.24, 2.45) is 5.73 Å². The van der Waals surface area contributed by atoms with E-state index < -0.39 is 29.6 Å². The largest absolute Gasteiger partial charge is 0.481 e. The number of carbonyl (C=O) groups excluding carboxylic acids is 2. The van der Waals surface area contributed by atoms with Crippen LogP contribution in [0.15, 0.2) is 24.3 Å². The highest BCUT2D eigenvalue weighted by molar-refractivity contribution is 5.97. The van der Waals surface area contributed by atoms with Crippen molar-refractivity contribution in [2.75, 3.05) is 0 Å². The molecule has 4 N–H and O–H groups in total. The number of halogens is 1. The van der Waals surface area contributed by atoms with Gasteiger partial charge in [0, 0.05) is 12.0 Å². The predicted molar refractivity (Wildman–Crippen MR) is 63.7 cm³/mol. The Kier molecular flexibility index (Phi) is 4.99. The zero-order chi connectivity index (χ0) is 14.4. The van der Waals surface area contributed by atoms with Gasteiger partial charge in [0.15, 0.2) is 0 Å². The molecule has 0 unspecified atom stereocenters. The summed E-state index contributed by atoms with van der Waals surface area (Å²) in [7, 11) is 0. The number of rotatable bonds is 6. The number of aliphatic carboxylic acids is 1. The van der Waals surface area contributed by atoms with Crippen molar-refractivity contribution in [2.45, 2.75) is 18.9 Å². The van der Waals surface area contributed by atoms with Gasteiger partial charge in [-0.05, 0) is 30.7 Å². The molecule has 6 nitrogen and oxygen atoms in total. The molecule has 0 aliphatic heterocycles. The van der Waals surface area contributed by atoms with Crippen molar-refractivity contribution in [3.8, 4) is 0 Å². The van der Waals surface area contributed by atoms with Crippen molar-refractivity contribution < 1.29 is 23.9 Å². The third-order valence-corrected chi connectivity index (χ3v) is 2.40. The van der Waals surface area contributed by atoms with Crippen LogP contribution in [-0.4, -0.2) is 28.9 Å². The van der Waals surface area contributed by atoms with Crippen molar-refractivity contribution in [3.63, 3.8) is 0 Å². The molecule has 0 aromatic heterocycles. The fourth-order valence-electron chi connectivity index (χ4n) is 1.40. The second-order valence-corrected chi connectivity index (χ2v) is 3.87. The molecule has 102 valence electrons. The molecule has 1 rings (SSSR count). The van der Waals surface area contributed by atoms with E-state index in [0.29, 0.717) is 0 Å². The molecule has 2 amide bonds. The van der Waals surface area contributed by atoms with Gasteiger partial charge in [-0.15, -0.1) is 0 Å². The van der Waals surface area contributed by atoms with Gasteiger partial charge in [0.25, 0.3) is 5.91 Å². The first-order valence-electron chi connectivity index (χ1n) is 5.47. The van der Waals surface area contributed by atoms with Crippen LogP contribution in [-0.2, 0) is 9.59 Å². The fraction of sp³-hybridized carbons (Fsp3) is 0.250. The molecular weight excluding hydrogens is 255 g/mol. The second kappa shape index (κ2) is 6.48. The first-order valence-corrected chi connectivity index (χ1v) is 5.47. The summed E-state index contributed by atoms with van der Waals surface area (Å²) in [6.07, 6.45) is -0.394. The van der Waals surface area contributed by atoms with E-state index in [1.807, 2.05) is 0 Å². The summed E-state index contributed by atoms with van der Waals surface area (Å²) < 4.78 is 12.7. The number of carboxylic acid groups (broad SMARTS) is 1. The molecule has 0 heterocycles. The Morgan fingerprint density at radius 2 is 1.84 bits per heavy atom. The summed E-state index contributed by atoms with van der Waals surface area (Å²) in [5, 5.41) is 10.8. The van der Waals surface area contributed by atoms with Gasteiger partial charge in [-0.1, -0.05) is 0 Å². The van der Waals surface area contributed by atoms with Gasteiger partial charge in [0.05, 0.1) is 0 Å². The van der Waals surface area contributed by atoms with Crippen LogP contribution in [0.3, 0.4) is 0 Å². The number of carboxylic acids is 1. The molecule has 1 aromatic carbocycles. The lowest BCUT2D eigenvalue weighted by molar-refractivity contribution is -0.137. The van der Waals surface area contributed by atoms with E-state index in [1.54, 1.807) is 0 Å². The normalized spacial score (nSPS) is 11.6. The molecule has 1 aromatic rings. The van der Waals surface area contributed by atoms with Crippen LogP contribution in [0.25, 0.3) is 0 Å². The van der Waals surface area contributed by atoms with Gasteiger partial charge in [-0.25, -0.2) is 4.39 Å². The summed E-state index contributed by atoms with van der Waals surface area (Å²) in [6.45, 7) is 0. The molecule has 1 atom stereocenters. The zero-order valence-corrected chi connectivity index (χ0v) is 9.93. The Balaban J connectivity index is 2.68. The smallest absolute Gasteiger partial charge is 0.303 e. The van der Waals surface area contributed by atoms with Crippen LogP contribution < -0.4 is 11.1 Å². The monoisotopic (exact) mass is 268 g/mol. The van der Waals surface area contributed by atoms with Crippen LogP contribution >= 0.6 is 0 Å². The summed E-state index contributed by atoms with van der Waals surface area (Å²) >= 11 is 0. The average Bonchev–Trinajstić information content (AvgIpc) is 2.34. The molecule has 0 bridgehead atoms. The minimum absolute atomic E-state index is 0.0996. The van der Waals surface area contributed by atoms with Crippen LogP contribution in [0.2, 0.25) is 0 Å². The van der Waals surface area contributed by atoms with Gasteiger partial charge < -0.3 is 16.2 Å². The highest BCUT2D eigenvalue weighted by Crippen LogP contribution is 2.04. The summed E-state index contributed by atoms with van der Waals surface area (Å²) in [4.78, 5) is 33.2. The number of amides is 2. The van der Waals surface area contributed by atoms with E-state index in [-0.39, 0.29) is 18.4 Å². The van der Waals surface area contributed by atoms with E-state index in [4.69, 9.17) is 10.8 Å². The molecule has 0 saturated carbocycles. The van der Waals surface area contributed by atoms with Crippen LogP contribution in [0.4, 0.5) is 4.39 Å². The van der Waals surface area contributed by atoms with E-state index in [9.17, 15) is 18.8 Å². The van der Waals surface area contributed by atoms with Crippen molar-refractivity contribution in [1.82, 2.24) is 5.32 Å². The first kappa shape index (κ1) is 14.6. The maximum Gasteiger partial charge on any atom is 0.303 e. The minimum atomic E-state index is -1.10. The van der Waals surface area contributed by atoms with E-state index in [1.165, 1.54) is 12.1 Å². The van der Waals surface area contributed by atoms with Crippen LogP contribution in [0.5, 0.6) is 0 Å². The van der Waals surface area contributed by atoms with E-state index >= 15 is 0 Å². The van der Waals surface area contributed by atoms with Gasteiger partial charge in [-0.3, -0.25) is 14.4 Å². The highest BCUT2D eigenvalue weighted by Gasteiger charge is 2.19. The van der Waals surface area contributed by atoms with Crippen LogP contribution in [0, 0.1) is 5.82 Å². The molecule has 7 heteroatoms. The zero-order valence-electron chi connectivity index (χ0n) is 9.93. The lowest BCUT2D eigenvalue weighted by Crippen LogP contribution is -2.44. The average molecular weight is 268 g/mol. The number of carbonyl (C=O) groups is 3. The third-order valence-electron chi connectivity index (χ3n) is 2.40.